The zero-order valence-corrected chi connectivity index (χ0v) is 12.0. The van der Waals surface area contributed by atoms with Crippen molar-refractivity contribution in [2.45, 2.75) is 18.9 Å². The molecule has 0 aliphatic carbocycles. The number of carboxylic acid groups (broad SMARTS) is 1. The van der Waals surface area contributed by atoms with Crippen LogP contribution in [0.3, 0.4) is 0 Å². The fraction of sp³-hybridized carbons (Fsp3) is 0.385. The van der Waals surface area contributed by atoms with Crippen molar-refractivity contribution in [3.8, 4) is 0 Å². The molecule has 1 atom stereocenters. The SMILES string of the molecule is O=C(O)Cn1c(C2CCOC2)nc2cc(Cl)c(Cl)cc21. The molecule has 0 saturated carbocycles. The lowest BCUT2D eigenvalue weighted by Crippen LogP contribution is -2.15. The summed E-state index contributed by atoms with van der Waals surface area (Å²) in [4.78, 5) is 15.6. The number of nitrogens with zero attached hydrogens (tertiary/aromatic N) is 2. The average molecular weight is 315 g/mol. The molecule has 1 aromatic heterocycles. The quantitative estimate of drug-likeness (QED) is 0.946. The highest BCUT2D eigenvalue weighted by molar-refractivity contribution is 6.42. The summed E-state index contributed by atoms with van der Waals surface area (Å²) in [7, 11) is 0. The molecule has 1 aliphatic rings. The Balaban J connectivity index is 2.18. The molecule has 2 heterocycles. The molecule has 0 bridgehead atoms. The fourth-order valence-electron chi connectivity index (χ4n) is 2.49. The van der Waals surface area contributed by atoms with E-state index in [1.54, 1.807) is 16.7 Å². The number of imidazole rings is 1. The van der Waals surface area contributed by atoms with Crippen molar-refractivity contribution in [1.29, 1.82) is 0 Å². The van der Waals surface area contributed by atoms with Crippen LogP contribution in [0.15, 0.2) is 12.1 Å². The van der Waals surface area contributed by atoms with Crippen LogP contribution in [0.5, 0.6) is 0 Å². The summed E-state index contributed by atoms with van der Waals surface area (Å²) >= 11 is 12.0. The van der Waals surface area contributed by atoms with Crippen LogP contribution >= 0.6 is 23.2 Å². The first-order chi connectivity index (χ1) is 9.56. The largest absolute Gasteiger partial charge is 0.480 e. The van der Waals surface area contributed by atoms with Gasteiger partial charge in [0.05, 0.1) is 27.7 Å². The molecular formula is C13H12Cl2N2O3. The summed E-state index contributed by atoms with van der Waals surface area (Å²) < 4.78 is 7.04. The van der Waals surface area contributed by atoms with Gasteiger partial charge in [0, 0.05) is 12.5 Å². The summed E-state index contributed by atoms with van der Waals surface area (Å²) in [5.74, 6) is -0.0897. The third-order valence-electron chi connectivity index (χ3n) is 3.41. The number of halogens is 2. The topological polar surface area (TPSA) is 64.3 Å². The monoisotopic (exact) mass is 314 g/mol. The van der Waals surface area contributed by atoms with Crippen LogP contribution in [0.1, 0.15) is 18.2 Å². The van der Waals surface area contributed by atoms with Crippen molar-refractivity contribution in [2.24, 2.45) is 0 Å². The van der Waals surface area contributed by atoms with E-state index in [0.717, 1.165) is 12.2 Å². The van der Waals surface area contributed by atoms with E-state index < -0.39 is 5.97 Å². The van der Waals surface area contributed by atoms with E-state index in [2.05, 4.69) is 4.98 Å². The lowest BCUT2D eigenvalue weighted by Gasteiger charge is -2.10. The second-order valence-corrected chi connectivity index (χ2v) is 5.58. The minimum absolute atomic E-state index is 0.110. The molecule has 0 radical (unpaired) electrons. The number of rotatable bonds is 3. The Morgan fingerprint density at radius 2 is 2.20 bits per heavy atom. The van der Waals surface area contributed by atoms with Crippen molar-refractivity contribution in [3.05, 3.63) is 28.0 Å². The maximum absolute atomic E-state index is 11.1. The molecule has 1 aliphatic heterocycles. The summed E-state index contributed by atoms with van der Waals surface area (Å²) in [6.45, 7) is 1.08. The van der Waals surface area contributed by atoms with Gasteiger partial charge in [0.2, 0.25) is 0 Å². The summed E-state index contributed by atoms with van der Waals surface area (Å²) in [5, 5.41) is 9.90. The number of hydrogen-bond donors (Lipinski definition) is 1. The molecule has 3 rings (SSSR count). The van der Waals surface area contributed by atoms with Crippen LogP contribution in [0.4, 0.5) is 0 Å². The van der Waals surface area contributed by atoms with E-state index in [0.29, 0.717) is 34.3 Å². The highest BCUT2D eigenvalue weighted by Gasteiger charge is 2.25. The Morgan fingerprint density at radius 1 is 1.45 bits per heavy atom. The first kappa shape index (κ1) is 13.7. The van der Waals surface area contributed by atoms with Crippen molar-refractivity contribution in [1.82, 2.24) is 9.55 Å². The summed E-state index contributed by atoms with van der Waals surface area (Å²) in [5.41, 5.74) is 1.34. The summed E-state index contributed by atoms with van der Waals surface area (Å²) in [6.07, 6.45) is 0.838. The molecule has 0 amide bonds. The number of carboxylic acids is 1. The number of aromatic nitrogens is 2. The molecule has 106 valence electrons. The highest BCUT2D eigenvalue weighted by atomic mass is 35.5. The molecule has 1 aromatic carbocycles. The van der Waals surface area contributed by atoms with Gasteiger partial charge in [-0.3, -0.25) is 4.79 Å². The van der Waals surface area contributed by atoms with Crippen molar-refractivity contribution in [2.75, 3.05) is 13.2 Å². The van der Waals surface area contributed by atoms with Gasteiger partial charge in [-0.25, -0.2) is 4.98 Å². The Bertz CT molecular complexity index is 678. The third kappa shape index (κ3) is 2.37. The van der Waals surface area contributed by atoms with Crippen LogP contribution in [0.2, 0.25) is 10.0 Å². The molecule has 2 aromatic rings. The minimum Gasteiger partial charge on any atom is -0.480 e. The maximum atomic E-state index is 11.1. The van der Waals surface area contributed by atoms with E-state index in [-0.39, 0.29) is 12.5 Å². The number of aliphatic carboxylic acids is 1. The van der Waals surface area contributed by atoms with Gasteiger partial charge in [-0.15, -0.1) is 0 Å². The molecule has 0 spiro atoms. The number of hydrogen-bond acceptors (Lipinski definition) is 3. The third-order valence-corrected chi connectivity index (χ3v) is 4.13. The molecule has 1 fully saturated rings. The Kier molecular flexibility index (Phi) is 3.58. The van der Waals surface area contributed by atoms with E-state index in [1.165, 1.54) is 0 Å². The predicted octanol–water partition coefficient (Wildman–Crippen LogP) is 2.93. The van der Waals surface area contributed by atoms with Gasteiger partial charge < -0.3 is 14.4 Å². The van der Waals surface area contributed by atoms with Crippen molar-refractivity contribution < 1.29 is 14.6 Å². The van der Waals surface area contributed by atoms with Gasteiger partial charge in [0.1, 0.15) is 12.4 Å². The Hall–Kier alpha value is -1.30. The summed E-state index contributed by atoms with van der Waals surface area (Å²) in [6, 6.07) is 3.32. The van der Waals surface area contributed by atoms with Crippen LogP contribution in [-0.2, 0) is 16.1 Å². The molecular weight excluding hydrogens is 303 g/mol. The van der Waals surface area contributed by atoms with Gasteiger partial charge in [-0.2, -0.15) is 0 Å². The average Bonchev–Trinajstić information content (AvgIpc) is 2.99. The Labute approximate surface area is 125 Å². The van der Waals surface area contributed by atoms with Crippen molar-refractivity contribution >= 4 is 40.2 Å². The van der Waals surface area contributed by atoms with Crippen LogP contribution in [0.25, 0.3) is 11.0 Å². The number of ether oxygens (including phenoxy) is 1. The second kappa shape index (κ2) is 5.24. The number of benzene rings is 1. The van der Waals surface area contributed by atoms with E-state index >= 15 is 0 Å². The van der Waals surface area contributed by atoms with Crippen LogP contribution < -0.4 is 0 Å². The number of fused-ring (bicyclic) bond motifs is 1. The predicted molar refractivity (Wildman–Crippen MR) is 75.6 cm³/mol. The molecule has 5 nitrogen and oxygen atoms in total. The smallest absolute Gasteiger partial charge is 0.323 e. The van der Waals surface area contributed by atoms with Gasteiger partial charge in [0.15, 0.2) is 0 Å². The first-order valence-electron chi connectivity index (χ1n) is 6.21. The number of carbonyl (C=O) groups is 1. The van der Waals surface area contributed by atoms with Gasteiger partial charge in [0.25, 0.3) is 0 Å². The van der Waals surface area contributed by atoms with E-state index in [1.807, 2.05) is 0 Å². The lowest BCUT2D eigenvalue weighted by atomic mass is 10.1. The molecule has 20 heavy (non-hydrogen) atoms. The van der Waals surface area contributed by atoms with Gasteiger partial charge in [-0.05, 0) is 18.6 Å². The van der Waals surface area contributed by atoms with E-state index in [9.17, 15) is 4.79 Å². The van der Waals surface area contributed by atoms with Gasteiger partial charge in [-0.1, -0.05) is 23.2 Å². The van der Waals surface area contributed by atoms with Gasteiger partial charge >= 0.3 is 5.97 Å². The maximum Gasteiger partial charge on any atom is 0.323 e. The molecule has 1 saturated heterocycles. The second-order valence-electron chi connectivity index (χ2n) is 4.77. The molecule has 7 heteroatoms. The Morgan fingerprint density at radius 3 is 2.85 bits per heavy atom. The zero-order chi connectivity index (χ0) is 14.3. The highest BCUT2D eigenvalue weighted by Crippen LogP contribution is 2.32. The fourth-order valence-corrected chi connectivity index (χ4v) is 2.81. The van der Waals surface area contributed by atoms with Crippen molar-refractivity contribution in [3.63, 3.8) is 0 Å². The van der Waals surface area contributed by atoms with Crippen LogP contribution in [0, 0.1) is 0 Å². The zero-order valence-electron chi connectivity index (χ0n) is 10.5. The van der Waals surface area contributed by atoms with E-state index in [4.69, 9.17) is 33.0 Å². The first-order valence-corrected chi connectivity index (χ1v) is 6.96. The standard InChI is InChI=1S/C13H12Cl2N2O3/c14-8-3-10-11(4-9(8)15)17(5-12(18)19)13(16-10)7-1-2-20-6-7/h3-4,7H,1-2,5-6H2,(H,18,19). The normalized spacial score (nSPS) is 18.8. The molecule has 1 unspecified atom stereocenters. The lowest BCUT2D eigenvalue weighted by molar-refractivity contribution is -0.137. The van der Waals surface area contributed by atoms with Crippen LogP contribution in [-0.4, -0.2) is 33.8 Å². The minimum atomic E-state index is -0.921. The molecule has 1 N–H and O–H groups in total.